The van der Waals surface area contributed by atoms with Crippen molar-refractivity contribution in [1.82, 2.24) is 9.97 Å². The molecule has 4 nitrogen and oxygen atoms in total. The molecule has 2 fully saturated rings. The van der Waals surface area contributed by atoms with Gasteiger partial charge in [0.1, 0.15) is 6.33 Å². The highest BCUT2D eigenvalue weighted by Crippen LogP contribution is 2.48. The number of anilines is 1. The minimum Gasteiger partial charge on any atom is -0.385 e. The highest BCUT2D eigenvalue weighted by molar-refractivity contribution is 5.43. The van der Waals surface area contributed by atoms with Gasteiger partial charge in [0.2, 0.25) is 0 Å². The molecule has 1 aromatic heterocycles. The van der Waals surface area contributed by atoms with E-state index in [0.717, 1.165) is 31.4 Å². The van der Waals surface area contributed by atoms with E-state index in [1.807, 2.05) is 42.2 Å². The molecule has 1 saturated heterocycles. The normalized spacial score (nSPS) is 28.8. The molecular formula is C20H24FN3O. The summed E-state index contributed by atoms with van der Waals surface area (Å²) < 4.78 is 14.7. The van der Waals surface area contributed by atoms with E-state index < -0.39 is 5.60 Å². The average molecular weight is 341 g/mol. The summed E-state index contributed by atoms with van der Waals surface area (Å²) in [7, 11) is 0. The Balaban J connectivity index is 1.66. The van der Waals surface area contributed by atoms with Crippen LogP contribution >= 0.6 is 0 Å². The van der Waals surface area contributed by atoms with Crippen LogP contribution in [0.25, 0.3) is 0 Å². The third kappa shape index (κ3) is 2.71. The third-order valence-electron chi connectivity index (χ3n) is 5.94. The first-order valence-electron chi connectivity index (χ1n) is 9.15. The van der Waals surface area contributed by atoms with Gasteiger partial charge in [-0.1, -0.05) is 37.3 Å². The summed E-state index contributed by atoms with van der Waals surface area (Å²) in [5, 5.41) is 11.5. The number of aliphatic hydroxyl groups is 1. The Bertz CT molecular complexity index is 754. The van der Waals surface area contributed by atoms with Crippen molar-refractivity contribution in [3.8, 4) is 0 Å². The Kier molecular flexibility index (Phi) is 4.20. The molecule has 5 heteroatoms. The maximum atomic E-state index is 14.7. The number of hydrogen-bond acceptors (Lipinski definition) is 4. The third-order valence-corrected chi connectivity index (χ3v) is 5.94. The average Bonchev–Trinajstić information content (AvgIpc) is 3.08. The van der Waals surface area contributed by atoms with Gasteiger partial charge in [-0.25, -0.2) is 14.4 Å². The number of aromatic nitrogens is 2. The zero-order chi connectivity index (χ0) is 17.4. The Morgan fingerprint density at radius 1 is 1.24 bits per heavy atom. The van der Waals surface area contributed by atoms with Crippen molar-refractivity contribution in [2.45, 2.75) is 38.2 Å². The van der Waals surface area contributed by atoms with E-state index in [0.29, 0.717) is 30.4 Å². The second kappa shape index (κ2) is 6.37. The maximum Gasteiger partial charge on any atom is 0.187 e. The topological polar surface area (TPSA) is 49.2 Å². The lowest BCUT2D eigenvalue weighted by atomic mass is 9.67. The van der Waals surface area contributed by atoms with Crippen molar-refractivity contribution >= 4 is 5.82 Å². The molecule has 1 aliphatic carbocycles. The fourth-order valence-corrected chi connectivity index (χ4v) is 4.64. The van der Waals surface area contributed by atoms with E-state index in [-0.39, 0.29) is 11.7 Å². The van der Waals surface area contributed by atoms with Crippen LogP contribution in [0.15, 0.2) is 36.7 Å². The minimum absolute atomic E-state index is 0.100. The van der Waals surface area contributed by atoms with Crippen LogP contribution in [0.1, 0.15) is 37.4 Å². The lowest BCUT2D eigenvalue weighted by Gasteiger charge is -2.41. The van der Waals surface area contributed by atoms with Gasteiger partial charge in [-0.05, 0) is 37.2 Å². The van der Waals surface area contributed by atoms with Crippen molar-refractivity contribution in [3.05, 3.63) is 53.7 Å². The molecule has 1 saturated carbocycles. The van der Waals surface area contributed by atoms with E-state index in [4.69, 9.17) is 0 Å². The minimum atomic E-state index is -0.837. The van der Waals surface area contributed by atoms with Crippen molar-refractivity contribution in [3.63, 3.8) is 0 Å². The van der Waals surface area contributed by atoms with E-state index in [2.05, 4.69) is 9.97 Å². The fraction of sp³-hybridized carbons (Fsp3) is 0.500. The SMILES string of the molecule is CCc1ncnc(N2C[C@@H]3CCC[C@@](O)(c4ccccc4)[C@@H]3C2)c1F. The van der Waals surface area contributed by atoms with Gasteiger partial charge in [0.05, 0.1) is 11.3 Å². The van der Waals surface area contributed by atoms with Gasteiger partial charge in [-0.2, -0.15) is 0 Å². The molecule has 2 aromatic rings. The van der Waals surface area contributed by atoms with Gasteiger partial charge >= 0.3 is 0 Å². The molecule has 1 aliphatic heterocycles. The standard InChI is InChI=1S/C20H24FN3O/c1-2-17-18(21)19(23-13-22-17)24-11-14-7-6-10-20(25,16(14)12-24)15-8-4-3-5-9-15/h3-5,8-9,13-14,16,25H,2,6-7,10-12H2,1H3/t14-,16+,20+/m0/s1. The second-order valence-electron chi connectivity index (χ2n) is 7.27. The van der Waals surface area contributed by atoms with Crippen LogP contribution < -0.4 is 4.90 Å². The molecule has 0 bridgehead atoms. The van der Waals surface area contributed by atoms with Crippen LogP contribution in [0.3, 0.4) is 0 Å². The predicted molar refractivity (Wildman–Crippen MR) is 94.8 cm³/mol. The molecule has 0 radical (unpaired) electrons. The monoisotopic (exact) mass is 341 g/mol. The molecule has 0 amide bonds. The first kappa shape index (κ1) is 16.5. The Labute approximate surface area is 147 Å². The quantitative estimate of drug-likeness (QED) is 0.931. The summed E-state index contributed by atoms with van der Waals surface area (Å²) in [6.45, 7) is 3.27. The highest BCUT2D eigenvalue weighted by Gasteiger charge is 2.50. The predicted octanol–water partition coefficient (Wildman–Crippen LogP) is 3.30. The molecule has 0 spiro atoms. The first-order valence-corrected chi connectivity index (χ1v) is 9.15. The maximum absolute atomic E-state index is 14.7. The van der Waals surface area contributed by atoms with Crippen LogP contribution in [0, 0.1) is 17.7 Å². The van der Waals surface area contributed by atoms with Gasteiger partial charge in [-0.3, -0.25) is 0 Å². The molecule has 2 aliphatic rings. The van der Waals surface area contributed by atoms with Gasteiger partial charge in [0.15, 0.2) is 11.6 Å². The van der Waals surface area contributed by atoms with Gasteiger partial charge in [-0.15, -0.1) is 0 Å². The molecule has 25 heavy (non-hydrogen) atoms. The first-order chi connectivity index (χ1) is 12.1. The summed E-state index contributed by atoms with van der Waals surface area (Å²) in [5.74, 6) is 0.532. The summed E-state index contributed by atoms with van der Waals surface area (Å²) in [6.07, 6.45) is 4.83. The summed E-state index contributed by atoms with van der Waals surface area (Å²) >= 11 is 0. The molecule has 132 valence electrons. The zero-order valence-corrected chi connectivity index (χ0v) is 14.5. The molecule has 0 unspecified atom stereocenters. The number of nitrogens with zero attached hydrogens (tertiary/aromatic N) is 3. The lowest BCUT2D eigenvalue weighted by molar-refractivity contribution is -0.0631. The number of fused-ring (bicyclic) bond motifs is 1. The van der Waals surface area contributed by atoms with Gasteiger partial charge < -0.3 is 10.0 Å². The molecule has 4 rings (SSSR count). The van der Waals surface area contributed by atoms with Gasteiger partial charge in [0, 0.05) is 19.0 Å². The zero-order valence-electron chi connectivity index (χ0n) is 14.5. The molecule has 1 N–H and O–H groups in total. The molecular weight excluding hydrogens is 317 g/mol. The van der Waals surface area contributed by atoms with Crippen LogP contribution in [-0.2, 0) is 12.0 Å². The smallest absolute Gasteiger partial charge is 0.187 e. The number of benzene rings is 1. The lowest BCUT2D eigenvalue weighted by Crippen LogP contribution is -2.42. The van der Waals surface area contributed by atoms with E-state index in [1.165, 1.54) is 6.33 Å². The Morgan fingerprint density at radius 3 is 2.80 bits per heavy atom. The van der Waals surface area contributed by atoms with Crippen molar-refractivity contribution in [2.75, 3.05) is 18.0 Å². The van der Waals surface area contributed by atoms with Crippen LogP contribution in [0.4, 0.5) is 10.2 Å². The Hall–Kier alpha value is -2.01. The van der Waals surface area contributed by atoms with Crippen LogP contribution in [-0.4, -0.2) is 28.2 Å². The number of aryl methyl sites for hydroxylation is 1. The number of halogens is 1. The van der Waals surface area contributed by atoms with Crippen molar-refractivity contribution in [1.29, 1.82) is 0 Å². The largest absolute Gasteiger partial charge is 0.385 e. The number of hydrogen-bond donors (Lipinski definition) is 1. The van der Waals surface area contributed by atoms with Crippen molar-refractivity contribution < 1.29 is 9.50 Å². The second-order valence-corrected chi connectivity index (χ2v) is 7.27. The molecule has 2 heterocycles. The summed E-state index contributed by atoms with van der Waals surface area (Å²) in [6, 6.07) is 9.93. The molecule has 3 atom stereocenters. The van der Waals surface area contributed by atoms with E-state index in [9.17, 15) is 9.50 Å². The summed E-state index contributed by atoms with van der Waals surface area (Å²) in [5.41, 5.74) is 0.595. The fourth-order valence-electron chi connectivity index (χ4n) is 4.64. The summed E-state index contributed by atoms with van der Waals surface area (Å²) in [4.78, 5) is 10.2. The van der Waals surface area contributed by atoms with Crippen molar-refractivity contribution in [2.24, 2.45) is 11.8 Å². The number of rotatable bonds is 3. The van der Waals surface area contributed by atoms with Crippen LogP contribution in [0.2, 0.25) is 0 Å². The van der Waals surface area contributed by atoms with Gasteiger partial charge in [0.25, 0.3) is 0 Å². The van der Waals surface area contributed by atoms with E-state index >= 15 is 0 Å². The molecule has 1 aromatic carbocycles. The Morgan fingerprint density at radius 2 is 2.04 bits per heavy atom. The highest BCUT2D eigenvalue weighted by atomic mass is 19.1. The van der Waals surface area contributed by atoms with E-state index in [1.54, 1.807) is 0 Å². The van der Waals surface area contributed by atoms with Crippen LogP contribution in [0.5, 0.6) is 0 Å².